The smallest absolute Gasteiger partial charge is 0.00877 e. The Morgan fingerprint density at radius 1 is 1.06 bits per heavy atom. The van der Waals surface area contributed by atoms with Gasteiger partial charge in [0.2, 0.25) is 0 Å². The van der Waals surface area contributed by atoms with E-state index in [4.69, 9.17) is 0 Å². The van der Waals surface area contributed by atoms with E-state index in [1.54, 1.807) is 17.0 Å². The molecule has 0 aromatic heterocycles. The zero-order valence-corrected chi connectivity index (χ0v) is 10.1. The molecule has 0 atom stereocenters. The first-order valence-electron chi connectivity index (χ1n) is 6.47. The van der Waals surface area contributed by atoms with E-state index in [1.807, 2.05) is 0 Å². The first kappa shape index (κ1) is 10.3. The molecule has 0 saturated carbocycles. The van der Waals surface area contributed by atoms with Crippen LogP contribution in [-0.2, 0) is 6.42 Å². The highest BCUT2D eigenvalue weighted by atomic mass is 15.1. The fourth-order valence-corrected chi connectivity index (χ4v) is 3.24. The molecular weight excluding hydrogens is 194 g/mol. The second kappa shape index (κ2) is 4.21. The first-order chi connectivity index (χ1) is 7.84. The number of hydrogen-bond donors (Lipinski definition) is 0. The van der Waals surface area contributed by atoms with Crippen LogP contribution in [0, 0.1) is 11.8 Å². The van der Waals surface area contributed by atoms with E-state index in [9.17, 15) is 0 Å². The number of aryl methyl sites for hydroxylation is 1. The van der Waals surface area contributed by atoms with Crippen molar-refractivity contribution in [3.63, 3.8) is 0 Å². The van der Waals surface area contributed by atoms with Gasteiger partial charge in [-0.2, -0.15) is 0 Å². The zero-order chi connectivity index (χ0) is 11.0. The molecule has 1 aromatic carbocycles. The molecule has 16 heavy (non-hydrogen) atoms. The van der Waals surface area contributed by atoms with Gasteiger partial charge in [-0.05, 0) is 62.9 Å². The quantitative estimate of drug-likeness (QED) is 0.695. The molecule has 1 aliphatic heterocycles. The summed E-state index contributed by atoms with van der Waals surface area (Å²) in [7, 11) is 2.24. The van der Waals surface area contributed by atoms with Gasteiger partial charge in [-0.3, -0.25) is 0 Å². The maximum Gasteiger partial charge on any atom is 0.00877 e. The Bertz CT molecular complexity index is 363. The normalized spacial score (nSPS) is 23.6. The number of hydrogen-bond acceptors (Lipinski definition) is 1. The van der Waals surface area contributed by atoms with Gasteiger partial charge < -0.3 is 4.90 Å². The Morgan fingerprint density at radius 2 is 1.81 bits per heavy atom. The van der Waals surface area contributed by atoms with Crippen molar-refractivity contribution >= 4 is 0 Å². The zero-order valence-electron chi connectivity index (χ0n) is 10.1. The molecule has 1 saturated heterocycles. The minimum atomic E-state index is 0.861. The highest BCUT2D eigenvalue weighted by Gasteiger charge is 2.31. The highest BCUT2D eigenvalue weighted by Crippen LogP contribution is 2.41. The van der Waals surface area contributed by atoms with Gasteiger partial charge in [0.25, 0.3) is 0 Å². The van der Waals surface area contributed by atoms with Crippen LogP contribution in [0.4, 0.5) is 0 Å². The van der Waals surface area contributed by atoms with Crippen LogP contribution in [0.3, 0.4) is 0 Å². The Balaban J connectivity index is 1.77. The third-order valence-electron chi connectivity index (χ3n) is 4.24. The number of fused-ring (bicyclic) bond motifs is 1. The molecule has 1 heteroatoms. The van der Waals surface area contributed by atoms with E-state index >= 15 is 0 Å². The SMILES string of the molecule is CN1CCC([C]2CCc3ccccc32)CC1. The van der Waals surface area contributed by atoms with E-state index in [0.717, 1.165) is 5.92 Å². The predicted molar refractivity (Wildman–Crippen MR) is 67.3 cm³/mol. The Hall–Kier alpha value is -0.820. The van der Waals surface area contributed by atoms with Gasteiger partial charge in [0, 0.05) is 5.92 Å². The lowest BCUT2D eigenvalue weighted by molar-refractivity contribution is 0.227. The topological polar surface area (TPSA) is 3.24 Å². The van der Waals surface area contributed by atoms with Crippen LogP contribution < -0.4 is 0 Å². The summed E-state index contributed by atoms with van der Waals surface area (Å²) in [5.41, 5.74) is 3.16. The molecule has 0 N–H and O–H groups in total. The van der Waals surface area contributed by atoms with Gasteiger partial charge >= 0.3 is 0 Å². The molecule has 3 rings (SSSR count). The van der Waals surface area contributed by atoms with Crippen LogP contribution in [-0.4, -0.2) is 25.0 Å². The number of piperidine rings is 1. The average Bonchev–Trinajstić information content (AvgIpc) is 2.74. The number of benzene rings is 1. The second-order valence-corrected chi connectivity index (χ2v) is 5.26. The second-order valence-electron chi connectivity index (χ2n) is 5.26. The maximum absolute atomic E-state index is 2.46. The summed E-state index contributed by atoms with van der Waals surface area (Å²) < 4.78 is 0. The van der Waals surface area contributed by atoms with E-state index in [2.05, 4.69) is 36.2 Å². The van der Waals surface area contributed by atoms with Crippen molar-refractivity contribution in [1.29, 1.82) is 0 Å². The van der Waals surface area contributed by atoms with Crippen molar-refractivity contribution in [1.82, 2.24) is 4.90 Å². The van der Waals surface area contributed by atoms with Crippen LogP contribution in [0.2, 0.25) is 0 Å². The van der Waals surface area contributed by atoms with Crippen molar-refractivity contribution in [2.24, 2.45) is 5.92 Å². The minimum absolute atomic E-state index is 0.861. The van der Waals surface area contributed by atoms with Gasteiger partial charge in [-0.25, -0.2) is 0 Å². The van der Waals surface area contributed by atoms with Gasteiger partial charge in [0.15, 0.2) is 0 Å². The Labute approximate surface area is 98.5 Å². The van der Waals surface area contributed by atoms with Crippen LogP contribution in [0.15, 0.2) is 24.3 Å². The summed E-state index contributed by atoms with van der Waals surface area (Å²) in [4.78, 5) is 2.46. The molecule has 1 nitrogen and oxygen atoms in total. The summed E-state index contributed by atoms with van der Waals surface area (Å²) >= 11 is 0. The highest BCUT2D eigenvalue weighted by molar-refractivity contribution is 5.44. The summed E-state index contributed by atoms with van der Waals surface area (Å²) in [5.74, 6) is 2.61. The molecule has 1 aliphatic carbocycles. The van der Waals surface area contributed by atoms with Crippen molar-refractivity contribution < 1.29 is 0 Å². The Kier molecular flexibility index (Phi) is 2.72. The predicted octanol–water partition coefficient (Wildman–Crippen LogP) is 2.90. The lowest BCUT2D eigenvalue weighted by atomic mass is 9.81. The van der Waals surface area contributed by atoms with E-state index in [1.165, 1.54) is 38.8 Å². The summed E-state index contributed by atoms with van der Waals surface area (Å²) in [6.07, 6.45) is 5.31. The average molecular weight is 214 g/mol. The summed E-state index contributed by atoms with van der Waals surface area (Å²) in [6, 6.07) is 9.00. The fourth-order valence-electron chi connectivity index (χ4n) is 3.24. The largest absolute Gasteiger partial charge is 0.306 e. The van der Waals surface area contributed by atoms with Crippen molar-refractivity contribution in [3.8, 4) is 0 Å². The van der Waals surface area contributed by atoms with Crippen molar-refractivity contribution in [2.45, 2.75) is 25.7 Å². The molecule has 1 radical (unpaired) electrons. The molecule has 2 aliphatic rings. The molecule has 0 spiro atoms. The number of nitrogens with zero attached hydrogens (tertiary/aromatic N) is 1. The lowest BCUT2D eigenvalue weighted by Crippen LogP contribution is -2.32. The van der Waals surface area contributed by atoms with Crippen molar-refractivity contribution in [3.05, 3.63) is 41.3 Å². The van der Waals surface area contributed by atoms with Crippen molar-refractivity contribution in [2.75, 3.05) is 20.1 Å². The number of rotatable bonds is 1. The van der Waals surface area contributed by atoms with Crippen LogP contribution in [0.25, 0.3) is 0 Å². The van der Waals surface area contributed by atoms with Crippen LogP contribution in [0.1, 0.15) is 30.4 Å². The molecule has 0 unspecified atom stereocenters. The van der Waals surface area contributed by atoms with Gasteiger partial charge in [0.1, 0.15) is 0 Å². The summed E-state index contributed by atoms with van der Waals surface area (Å²) in [6.45, 7) is 2.55. The molecule has 1 heterocycles. The minimum Gasteiger partial charge on any atom is -0.306 e. The molecule has 85 valence electrons. The summed E-state index contributed by atoms with van der Waals surface area (Å²) in [5, 5.41) is 0. The van der Waals surface area contributed by atoms with Crippen LogP contribution >= 0.6 is 0 Å². The van der Waals surface area contributed by atoms with E-state index in [0.29, 0.717) is 0 Å². The third-order valence-corrected chi connectivity index (χ3v) is 4.24. The molecule has 1 aromatic rings. The Morgan fingerprint density at radius 3 is 2.62 bits per heavy atom. The maximum atomic E-state index is 2.46. The van der Waals surface area contributed by atoms with Gasteiger partial charge in [0.05, 0.1) is 0 Å². The fraction of sp³-hybridized carbons (Fsp3) is 0.533. The first-order valence-corrected chi connectivity index (χ1v) is 6.47. The van der Waals surface area contributed by atoms with Gasteiger partial charge in [-0.1, -0.05) is 24.3 Å². The van der Waals surface area contributed by atoms with Gasteiger partial charge in [-0.15, -0.1) is 0 Å². The molecule has 0 bridgehead atoms. The monoisotopic (exact) mass is 214 g/mol. The molecule has 1 fully saturated rings. The van der Waals surface area contributed by atoms with E-state index < -0.39 is 0 Å². The molecular formula is C15H20N. The van der Waals surface area contributed by atoms with E-state index in [-0.39, 0.29) is 0 Å². The molecule has 0 amide bonds. The van der Waals surface area contributed by atoms with Crippen LogP contribution in [0.5, 0.6) is 0 Å². The standard InChI is InChI=1S/C15H20N/c1-16-10-8-13(9-11-16)15-7-6-12-4-2-3-5-14(12)15/h2-5,13H,6-11H2,1H3. The third kappa shape index (κ3) is 1.78. The lowest BCUT2D eigenvalue weighted by Gasteiger charge is -2.32. The number of likely N-dealkylation sites (tertiary alicyclic amines) is 1.